The Labute approximate surface area is 106 Å². The summed E-state index contributed by atoms with van der Waals surface area (Å²) in [5.74, 6) is 0.375. The van der Waals surface area contributed by atoms with Gasteiger partial charge in [-0.05, 0) is 30.7 Å². The summed E-state index contributed by atoms with van der Waals surface area (Å²) in [5.41, 5.74) is 0. The number of likely N-dealkylation sites (tertiary alicyclic amines) is 1. The van der Waals surface area contributed by atoms with Gasteiger partial charge in [0.2, 0.25) is 0 Å². The van der Waals surface area contributed by atoms with E-state index in [0.717, 1.165) is 13.0 Å². The van der Waals surface area contributed by atoms with Crippen molar-refractivity contribution in [2.75, 3.05) is 26.2 Å². The summed E-state index contributed by atoms with van der Waals surface area (Å²) in [6.45, 7) is 2.33. The standard InChI is InChI=1S/C13H18FNO3/c14-10-2-4-11(5-3-10)18-7-1-6-15-8-12(16)13(17)9-15/h2-5,12-13,16-17H,1,6-9H2/t12-,13+. The Balaban J connectivity index is 1.63. The van der Waals surface area contributed by atoms with E-state index in [0.29, 0.717) is 25.4 Å². The Bertz CT molecular complexity index is 361. The lowest BCUT2D eigenvalue weighted by Gasteiger charge is -2.14. The van der Waals surface area contributed by atoms with E-state index in [4.69, 9.17) is 4.74 Å². The van der Waals surface area contributed by atoms with Crippen LogP contribution in [0.4, 0.5) is 4.39 Å². The second-order valence-electron chi connectivity index (χ2n) is 4.55. The summed E-state index contributed by atoms with van der Waals surface area (Å²) < 4.78 is 18.1. The van der Waals surface area contributed by atoms with Crippen molar-refractivity contribution in [2.45, 2.75) is 18.6 Å². The lowest BCUT2D eigenvalue weighted by atomic mass is 10.3. The molecule has 0 saturated carbocycles. The van der Waals surface area contributed by atoms with Crippen LogP contribution in [0.15, 0.2) is 24.3 Å². The molecule has 0 bridgehead atoms. The molecule has 0 spiro atoms. The quantitative estimate of drug-likeness (QED) is 0.758. The molecule has 1 aromatic carbocycles. The SMILES string of the molecule is O[C@@H]1CN(CCCOc2ccc(F)cc2)C[C@@H]1O. The molecular formula is C13H18FNO3. The lowest BCUT2D eigenvalue weighted by Crippen LogP contribution is -2.24. The molecule has 0 radical (unpaired) electrons. The van der Waals surface area contributed by atoms with E-state index < -0.39 is 12.2 Å². The van der Waals surface area contributed by atoms with Crippen molar-refractivity contribution in [2.24, 2.45) is 0 Å². The monoisotopic (exact) mass is 255 g/mol. The van der Waals surface area contributed by atoms with Gasteiger partial charge in [-0.3, -0.25) is 4.90 Å². The van der Waals surface area contributed by atoms with Gasteiger partial charge in [-0.1, -0.05) is 0 Å². The van der Waals surface area contributed by atoms with Crippen molar-refractivity contribution >= 4 is 0 Å². The largest absolute Gasteiger partial charge is 0.494 e. The van der Waals surface area contributed by atoms with E-state index in [2.05, 4.69) is 0 Å². The lowest BCUT2D eigenvalue weighted by molar-refractivity contribution is 0.0572. The molecule has 1 aliphatic heterocycles. The highest BCUT2D eigenvalue weighted by molar-refractivity contribution is 5.21. The smallest absolute Gasteiger partial charge is 0.123 e. The fraction of sp³-hybridized carbons (Fsp3) is 0.538. The second-order valence-corrected chi connectivity index (χ2v) is 4.55. The minimum atomic E-state index is -0.636. The van der Waals surface area contributed by atoms with Crippen LogP contribution in [-0.4, -0.2) is 53.6 Å². The van der Waals surface area contributed by atoms with Crippen LogP contribution in [0.3, 0.4) is 0 Å². The molecule has 100 valence electrons. The van der Waals surface area contributed by atoms with Gasteiger partial charge in [0, 0.05) is 19.6 Å². The maximum Gasteiger partial charge on any atom is 0.123 e. The van der Waals surface area contributed by atoms with Gasteiger partial charge in [0.1, 0.15) is 11.6 Å². The molecule has 2 atom stereocenters. The maximum atomic E-state index is 12.6. The number of aliphatic hydroxyl groups excluding tert-OH is 2. The van der Waals surface area contributed by atoms with Gasteiger partial charge in [0.05, 0.1) is 18.8 Å². The first-order chi connectivity index (χ1) is 8.65. The third-order valence-corrected chi connectivity index (χ3v) is 3.04. The van der Waals surface area contributed by atoms with Gasteiger partial charge >= 0.3 is 0 Å². The number of halogens is 1. The molecule has 4 nitrogen and oxygen atoms in total. The average Bonchev–Trinajstić information content (AvgIpc) is 2.67. The number of hydrogen-bond donors (Lipinski definition) is 2. The van der Waals surface area contributed by atoms with Crippen LogP contribution < -0.4 is 4.74 Å². The second kappa shape index (κ2) is 6.13. The number of β-amino-alcohol motifs (C(OH)–C–C–N with tert-alkyl or cyclic N) is 2. The number of rotatable bonds is 5. The molecular weight excluding hydrogens is 237 g/mol. The van der Waals surface area contributed by atoms with E-state index in [9.17, 15) is 14.6 Å². The van der Waals surface area contributed by atoms with Gasteiger partial charge in [-0.2, -0.15) is 0 Å². The molecule has 0 unspecified atom stereocenters. The third kappa shape index (κ3) is 3.66. The van der Waals surface area contributed by atoms with Crippen molar-refractivity contribution in [1.82, 2.24) is 4.90 Å². The van der Waals surface area contributed by atoms with E-state index in [1.54, 1.807) is 12.1 Å². The van der Waals surface area contributed by atoms with Crippen molar-refractivity contribution in [1.29, 1.82) is 0 Å². The van der Waals surface area contributed by atoms with Crippen LogP contribution in [0.2, 0.25) is 0 Å². The van der Waals surface area contributed by atoms with E-state index in [1.807, 2.05) is 4.90 Å². The first kappa shape index (κ1) is 13.3. The number of aliphatic hydroxyl groups is 2. The predicted molar refractivity (Wildman–Crippen MR) is 65.0 cm³/mol. The summed E-state index contributed by atoms with van der Waals surface area (Å²) in [6.07, 6.45) is -0.470. The van der Waals surface area contributed by atoms with Crippen LogP contribution in [0.1, 0.15) is 6.42 Å². The molecule has 18 heavy (non-hydrogen) atoms. The van der Waals surface area contributed by atoms with Crippen LogP contribution in [0, 0.1) is 5.82 Å². The van der Waals surface area contributed by atoms with Gasteiger partial charge in [0.25, 0.3) is 0 Å². The van der Waals surface area contributed by atoms with Gasteiger partial charge in [-0.25, -0.2) is 4.39 Å². The van der Waals surface area contributed by atoms with Crippen molar-refractivity contribution in [3.8, 4) is 5.75 Å². The molecule has 0 aliphatic carbocycles. The average molecular weight is 255 g/mol. The molecule has 1 aromatic rings. The van der Waals surface area contributed by atoms with Crippen LogP contribution in [0.25, 0.3) is 0 Å². The molecule has 2 rings (SSSR count). The highest BCUT2D eigenvalue weighted by Crippen LogP contribution is 2.12. The maximum absolute atomic E-state index is 12.6. The van der Waals surface area contributed by atoms with Gasteiger partial charge in [-0.15, -0.1) is 0 Å². The Morgan fingerprint density at radius 1 is 1.17 bits per heavy atom. The normalized spacial score (nSPS) is 24.4. The van der Waals surface area contributed by atoms with Crippen molar-refractivity contribution in [3.63, 3.8) is 0 Å². The topological polar surface area (TPSA) is 52.9 Å². The zero-order valence-electron chi connectivity index (χ0n) is 10.1. The molecule has 0 amide bonds. The third-order valence-electron chi connectivity index (χ3n) is 3.04. The fourth-order valence-corrected chi connectivity index (χ4v) is 2.04. The van der Waals surface area contributed by atoms with Gasteiger partial charge < -0.3 is 14.9 Å². The van der Waals surface area contributed by atoms with Gasteiger partial charge in [0.15, 0.2) is 0 Å². The number of ether oxygens (including phenoxy) is 1. The summed E-state index contributed by atoms with van der Waals surface area (Å²) in [5, 5.41) is 18.7. The first-order valence-electron chi connectivity index (χ1n) is 6.12. The summed E-state index contributed by atoms with van der Waals surface area (Å²) >= 11 is 0. The molecule has 0 aromatic heterocycles. The Morgan fingerprint density at radius 2 is 1.78 bits per heavy atom. The van der Waals surface area contributed by atoms with Crippen LogP contribution in [0.5, 0.6) is 5.75 Å². The molecule has 1 aliphatic rings. The minimum absolute atomic E-state index is 0.276. The summed E-state index contributed by atoms with van der Waals surface area (Å²) in [6, 6.07) is 5.92. The number of hydrogen-bond acceptors (Lipinski definition) is 4. The first-order valence-corrected chi connectivity index (χ1v) is 6.12. The summed E-state index contributed by atoms with van der Waals surface area (Å²) in [4.78, 5) is 2.00. The molecule has 5 heteroatoms. The van der Waals surface area contributed by atoms with Crippen molar-refractivity contribution < 1.29 is 19.3 Å². The Kier molecular flexibility index (Phi) is 4.52. The minimum Gasteiger partial charge on any atom is -0.494 e. The number of nitrogens with zero attached hydrogens (tertiary/aromatic N) is 1. The zero-order chi connectivity index (χ0) is 13.0. The van der Waals surface area contributed by atoms with Crippen LogP contribution in [-0.2, 0) is 0 Å². The molecule has 1 heterocycles. The highest BCUT2D eigenvalue weighted by Gasteiger charge is 2.28. The zero-order valence-corrected chi connectivity index (χ0v) is 10.1. The molecule has 2 N–H and O–H groups in total. The number of benzene rings is 1. The van der Waals surface area contributed by atoms with Crippen LogP contribution >= 0.6 is 0 Å². The predicted octanol–water partition coefficient (Wildman–Crippen LogP) is 0.632. The Morgan fingerprint density at radius 3 is 2.39 bits per heavy atom. The summed E-state index contributed by atoms with van der Waals surface area (Å²) in [7, 11) is 0. The Hall–Kier alpha value is -1.17. The molecule has 1 fully saturated rings. The molecule has 1 saturated heterocycles. The highest BCUT2D eigenvalue weighted by atomic mass is 19.1. The fourth-order valence-electron chi connectivity index (χ4n) is 2.04. The van der Waals surface area contributed by atoms with E-state index in [1.165, 1.54) is 12.1 Å². The van der Waals surface area contributed by atoms with Crippen molar-refractivity contribution in [3.05, 3.63) is 30.1 Å². The van der Waals surface area contributed by atoms with E-state index in [-0.39, 0.29) is 5.82 Å². The van der Waals surface area contributed by atoms with E-state index >= 15 is 0 Å².